The van der Waals surface area contributed by atoms with Crippen molar-refractivity contribution in [3.05, 3.63) is 35.4 Å². The smallest absolute Gasteiger partial charge is 0.238 e. The standard InChI is InChI=1S/C22H26ClN3O6/c1-4-26(12-21(27)24-14-5-6-17-20(9-14)32-8-7-31-17)13-22(28)25-16-10-15(23)18(29-2)11-19(16)30-3/h5-6,9-11H,4,7-8,12-13H2,1-3H3,(H,24,27)(H,25,28). The summed E-state index contributed by atoms with van der Waals surface area (Å²) in [4.78, 5) is 26.8. The molecule has 10 heteroatoms. The lowest BCUT2D eigenvalue weighted by molar-refractivity contribution is -0.119. The summed E-state index contributed by atoms with van der Waals surface area (Å²) in [6.07, 6.45) is 0. The van der Waals surface area contributed by atoms with E-state index in [4.69, 9.17) is 30.5 Å². The normalized spacial score (nSPS) is 12.3. The summed E-state index contributed by atoms with van der Waals surface area (Å²) < 4.78 is 21.5. The third kappa shape index (κ3) is 5.95. The Morgan fingerprint density at radius 1 is 0.969 bits per heavy atom. The van der Waals surface area contributed by atoms with Crippen LogP contribution in [-0.4, -0.2) is 63.8 Å². The van der Waals surface area contributed by atoms with Gasteiger partial charge in [-0.1, -0.05) is 18.5 Å². The van der Waals surface area contributed by atoms with Crippen molar-refractivity contribution in [3.63, 3.8) is 0 Å². The molecule has 0 saturated carbocycles. The molecule has 0 bridgehead atoms. The van der Waals surface area contributed by atoms with Crippen LogP contribution in [0.5, 0.6) is 23.0 Å². The van der Waals surface area contributed by atoms with E-state index in [2.05, 4.69) is 10.6 Å². The van der Waals surface area contributed by atoms with Gasteiger partial charge in [0.15, 0.2) is 11.5 Å². The van der Waals surface area contributed by atoms with Gasteiger partial charge in [0.1, 0.15) is 24.7 Å². The lowest BCUT2D eigenvalue weighted by Crippen LogP contribution is -2.38. The number of amides is 2. The molecule has 3 rings (SSSR count). The lowest BCUT2D eigenvalue weighted by Gasteiger charge is -2.21. The van der Waals surface area contributed by atoms with Gasteiger partial charge in [0.05, 0.1) is 38.0 Å². The average molecular weight is 464 g/mol. The largest absolute Gasteiger partial charge is 0.495 e. The van der Waals surface area contributed by atoms with Crippen molar-refractivity contribution < 1.29 is 28.5 Å². The molecule has 2 amide bonds. The molecule has 2 aromatic rings. The number of ether oxygens (including phenoxy) is 4. The van der Waals surface area contributed by atoms with E-state index in [0.717, 1.165) is 0 Å². The van der Waals surface area contributed by atoms with Gasteiger partial charge in [0, 0.05) is 17.8 Å². The van der Waals surface area contributed by atoms with Crippen LogP contribution >= 0.6 is 11.6 Å². The molecule has 0 spiro atoms. The first-order valence-corrected chi connectivity index (χ1v) is 10.4. The minimum absolute atomic E-state index is 0.0118. The molecule has 0 unspecified atom stereocenters. The number of rotatable bonds is 9. The van der Waals surface area contributed by atoms with E-state index < -0.39 is 0 Å². The summed E-state index contributed by atoms with van der Waals surface area (Å²) in [5, 5.41) is 5.93. The van der Waals surface area contributed by atoms with Crippen LogP contribution in [0.2, 0.25) is 5.02 Å². The molecule has 1 aliphatic heterocycles. The number of halogens is 1. The van der Waals surface area contributed by atoms with Crippen LogP contribution in [0.4, 0.5) is 11.4 Å². The number of anilines is 2. The van der Waals surface area contributed by atoms with Crippen molar-refractivity contribution in [3.8, 4) is 23.0 Å². The molecular formula is C22H26ClN3O6. The van der Waals surface area contributed by atoms with Crippen LogP contribution in [0.1, 0.15) is 6.92 Å². The van der Waals surface area contributed by atoms with Crippen LogP contribution in [0.15, 0.2) is 30.3 Å². The van der Waals surface area contributed by atoms with E-state index >= 15 is 0 Å². The zero-order chi connectivity index (χ0) is 23.1. The van der Waals surface area contributed by atoms with E-state index in [-0.39, 0.29) is 24.9 Å². The highest BCUT2D eigenvalue weighted by molar-refractivity contribution is 6.32. The SMILES string of the molecule is CCN(CC(=O)Nc1ccc2c(c1)OCCO2)CC(=O)Nc1cc(Cl)c(OC)cc1OC. The summed E-state index contributed by atoms with van der Waals surface area (Å²) in [6.45, 7) is 3.39. The Morgan fingerprint density at radius 2 is 1.62 bits per heavy atom. The predicted octanol–water partition coefficient (Wildman–Crippen LogP) is 3.03. The maximum absolute atomic E-state index is 12.6. The highest BCUT2D eigenvalue weighted by Gasteiger charge is 2.18. The average Bonchev–Trinajstić information content (AvgIpc) is 2.78. The third-order valence-electron chi connectivity index (χ3n) is 4.76. The van der Waals surface area contributed by atoms with Gasteiger partial charge >= 0.3 is 0 Å². The summed E-state index contributed by atoms with van der Waals surface area (Å²) in [5.74, 6) is 1.54. The van der Waals surface area contributed by atoms with Crippen LogP contribution in [-0.2, 0) is 9.59 Å². The van der Waals surface area contributed by atoms with Crippen molar-refractivity contribution in [2.75, 3.05) is 57.7 Å². The number of fused-ring (bicyclic) bond motifs is 1. The Labute approximate surface area is 191 Å². The van der Waals surface area contributed by atoms with Crippen molar-refractivity contribution in [2.45, 2.75) is 6.92 Å². The van der Waals surface area contributed by atoms with Crippen molar-refractivity contribution >= 4 is 34.8 Å². The molecule has 0 saturated heterocycles. The Kier molecular flexibility index (Phi) is 8.02. The van der Waals surface area contributed by atoms with Gasteiger partial charge in [-0.15, -0.1) is 0 Å². The first-order chi connectivity index (χ1) is 15.4. The topological polar surface area (TPSA) is 98.4 Å². The van der Waals surface area contributed by atoms with Crippen molar-refractivity contribution in [2.24, 2.45) is 0 Å². The van der Waals surface area contributed by atoms with E-state index in [1.807, 2.05) is 6.92 Å². The second kappa shape index (κ2) is 10.9. The quantitative estimate of drug-likeness (QED) is 0.589. The van der Waals surface area contributed by atoms with Gasteiger partial charge < -0.3 is 29.6 Å². The van der Waals surface area contributed by atoms with Crippen LogP contribution in [0, 0.1) is 0 Å². The first kappa shape index (κ1) is 23.5. The van der Waals surface area contributed by atoms with E-state index in [9.17, 15) is 9.59 Å². The number of carbonyl (C=O) groups is 2. The molecule has 0 radical (unpaired) electrons. The van der Waals surface area contributed by atoms with Crippen LogP contribution in [0.3, 0.4) is 0 Å². The monoisotopic (exact) mass is 463 g/mol. The summed E-state index contributed by atoms with van der Waals surface area (Å²) in [6, 6.07) is 8.37. The van der Waals surface area contributed by atoms with Gasteiger partial charge in [-0.25, -0.2) is 0 Å². The molecule has 172 valence electrons. The fourth-order valence-electron chi connectivity index (χ4n) is 3.15. The number of hydrogen-bond donors (Lipinski definition) is 2. The highest BCUT2D eigenvalue weighted by Crippen LogP contribution is 2.36. The molecule has 2 aromatic carbocycles. The Morgan fingerprint density at radius 3 is 2.28 bits per heavy atom. The molecule has 0 fully saturated rings. The molecule has 0 atom stereocenters. The minimum Gasteiger partial charge on any atom is -0.495 e. The molecule has 1 aliphatic rings. The Bertz CT molecular complexity index is 984. The zero-order valence-electron chi connectivity index (χ0n) is 18.2. The number of nitrogens with zero attached hydrogens (tertiary/aromatic N) is 1. The maximum atomic E-state index is 12.6. The summed E-state index contributed by atoms with van der Waals surface area (Å²) >= 11 is 6.15. The number of benzene rings is 2. The lowest BCUT2D eigenvalue weighted by atomic mass is 10.2. The van der Waals surface area contributed by atoms with Crippen molar-refractivity contribution in [1.29, 1.82) is 0 Å². The second-order valence-corrected chi connectivity index (χ2v) is 7.35. The Balaban J connectivity index is 1.57. The van der Waals surface area contributed by atoms with Crippen LogP contribution < -0.4 is 29.6 Å². The number of carbonyl (C=O) groups excluding carboxylic acids is 2. The van der Waals surface area contributed by atoms with E-state index in [1.54, 1.807) is 35.2 Å². The molecule has 0 aliphatic carbocycles. The molecule has 1 heterocycles. The van der Waals surface area contributed by atoms with E-state index in [0.29, 0.717) is 59.2 Å². The van der Waals surface area contributed by atoms with Crippen LogP contribution in [0.25, 0.3) is 0 Å². The minimum atomic E-state index is -0.307. The molecule has 0 aromatic heterocycles. The summed E-state index contributed by atoms with van der Waals surface area (Å²) in [7, 11) is 2.98. The number of nitrogens with one attached hydrogen (secondary N) is 2. The molecule has 9 nitrogen and oxygen atoms in total. The fraction of sp³-hybridized carbons (Fsp3) is 0.364. The van der Waals surface area contributed by atoms with Gasteiger partial charge in [0.25, 0.3) is 0 Å². The van der Waals surface area contributed by atoms with Crippen molar-refractivity contribution in [1.82, 2.24) is 4.90 Å². The highest BCUT2D eigenvalue weighted by atomic mass is 35.5. The van der Waals surface area contributed by atoms with E-state index in [1.165, 1.54) is 14.2 Å². The zero-order valence-corrected chi connectivity index (χ0v) is 19.0. The third-order valence-corrected chi connectivity index (χ3v) is 5.05. The summed E-state index contributed by atoms with van der Waals surface area (Å²) in [5.41, 5.74) is 1.01. The van der Waals surface area contributed by atoms with Gasteiger partial charge in [0.2, 0.25) is 11.8 Å². The Hall–Kier alpha value is -3.17. The first-order valence-electron chi connectivity index (χ1n) is 10.1. The number of likely N-dealkylation sites (N-methyl/N-ethyl adjacent to an activating group) is 1. The molecule has 32 heavy (non-hydrogen) atoms. The molecule has 2 N–H and O–H groups in total. The van der Waals surface area contributed by atoms with Gasteiger partial charge in [-0.05, 0) is 24.7 Å². The predicted molar refractivity (Wildman–Crippen MR) is 121 cm³/mol. The molecular weight excluding hydrogens is 438 g/mol. The second-order valence-electron chi connectivity index (χ2n) is 6.95. The van der Waals surface area contributed by atoms with Gasteiger partial charge in [-0.3, -0.25) is 14.5 Å². The fourth-order valence-corrected chi connectivity index (χ4v) is 3.40. The number of methoxy groups -OCH3 is 2. The number of hydrogen-bond acceptors (Lipinski definition) is 7. The maximum Gasteiger partial charge on any atom is 0.238 e. The van der Waals surface area contributed by atoms with Gasteiger partial charge in [-0.2, -0.15) is 0 Å².